The van der Waals surface area contributed by atoms with Crippen LogP contribution in [0.25, 0.3) is 11.1 Å². The van der Waals surface area contributed by atoms with Gasteiger partial charge < -0.3 is 19.4 Å². The number of oxazole rings is 1. The van der Waals surface area contributed by atoms with E-state index in [0.717, 1.165) is 50.4 Å². The molecule has 0 radical (unpaired) electrons. The van der Waals surface area contributed by atoms with E-state index in [0.29, 0.717) is 6.01 Å². The molecule has 1 aliphatic rings. The van der Waals surface area contributed by atoms with Crippen molar-refractivity contribution in [1.82, 2.24) is 10.3 Å². The molecule has 2 heterocycles. The lowest BCUT2D eigenvalue weighted by molar-refractivity contribution is 0.0911. The molecule has 0 aliphatic carbocycles. The van der Waals surface area contributed by atoms with E-state index in [2.05, 4.69) is 22.1 Å². The molecule has 1 saturated heterocycles. The van der Waals surface area contributed by atoms with E-state index in [-0.39, 0.29) is 6.04 Å². The lowest BCUT2D eigenvalue weighted by Crippen LogP contribution is -2.50. The summed E-state index contributed by atoms with van der Waals surface area (Å²) in [4.78, 5) is 6.81. The predicted molar refractivity (Wildman–Crippen MR) is 79.1 cm³/mol. The smallest absolute Gasteiger partial charge is 0.298 e. The number of para-hydroxylation sites is 2. The first kappa shape index (κ1) is 13.4. The Balaban J connectivity index is 1.77. The van der Waals surface area contributed by atoms with Crippen molar-refractivity contribution in [2.75, 3.05) is 37.7 Å². The van der Waals surface area contributed by atoms with Gasteiger partial charge in [-0.05, 0) is 25.1 Å². The average Bonchev–Trinajstić information content (AvgIpc) is 2.92. The zero-order chi connectivity index (χ0) is 13.8. The molecular formula is C15H21N3O2. The van der Waals surface area contributed by atoms with Gasteiger partial charge in [0.05, 0.1) is 19.3 Å². The van der Waals surface area contributed by atoms with E-state index >= 15 is 0 Å². The van der Waals surface area contributed by atoms with Gasteiger partial charge in [-0.1, -0.05) is 19.1 Å². The molecule has 1 aliphatic heterocycles. The van der Waals surface area contributed by atoms with Crippen LogP contribution in [-0.4, -0.2) is 43.9 Å². The van der Waals surface area contributed by atoms with Crippen molar-refractivity contribution in [3.63, 3.8) is 0 Å². The number of morpholine rings is 1. The van der Waals surface area contributed by atoms with Crippen molar-refractivity contribution < 1.29 is 9.15 Å². The van der Waals surface area contributed by atoms with Crippen molar-refractivity contribution >= 4 is 17.1 Å². The summed E-state index contributed by atoms with van der Waals surface area (Å²) in [5.41, 5.74) is 1.75. The summed E-state index contributed by atoms with van der Waals surface area (Å²) >= 11 is 0. The highest BCUT2D eigenvalue weighted by Gasteiger charge is 2.26. The summed E-state index contributed by atoms with van der Waals surface area (Å²) in [6.07, 6.45) is 1.14. The number of aromatic nitrogens is 1. The third-order valence-corrected chi connectivity index (χ3v) is 3.56. The van der Waals surface area contributed by atoms with Crippen LogP contribution in [0.15, 0.2) is 28.7 Å². The van der Waals surface area contributed by atoms with E-state index in [4.69, 9.17) is 9.15 Å². The Bertz CT molecular complexity index is 522. The number of fused-ring (bicyclic) bond motifs is 1. The van der Waals surface area contributed by atoms with Gasteiger partial charge in [0.25, 0.3) is 6.01 Å². The lowest BCUT2D eigenvalue weighted by atomic mass is 10.2. The second kappa shape index (κ2) is 6.24. The summed E-state index contributed by atoms with van der Waals surface area (Å²) in [6, 6.07) is 8.87. The van der Waals surface area contributed by atoms with Gasteiger partial charge >= 0.3 is 0 Å². The van der Waals surface area contributed by atoms with Gasteiger partial charge in [0.2, 0.25) is 0 Å². The minimum Gasteiger partial charge on any atom is -0.423 e. The number of ether oxygens (including phenoxy) is 1. The first-order chi connectivity index (χ1) is 9.88. The highest BCUT2D eigenvalue weighted by atomic mass is 16.5. The van der Waals surface area contributed by atoms with Crippen LogP contribution in [0, 0.1) is 0 Å². The normalized spacial score (nSPS) is 19.6. The van der Waals surface area contributed by atoms with Crippen molar-refractivity contribution in [3.05, 3.63) is 24.3 Å². The van der Waals surface area contributed by atoms with Gasteiger partial charge in [-0.3, -0.25) is 0 Å². The van der Waals surface area contributed by atoms with Crippen LogP contribution in [0.1, 0.15) is 13.3 Å². The van der Waals surface area contributed by atoms with Crippen LogP contribution >= 0.6 is 0 Å². The van der Waals surface area contributed by atoms with E-state index in [1.807, 2.05) is 24.3 Å². The van der Waals surface area contributed by atoms with Crippen LogP contribution in [0.3, 0.4) is 0 Å². The third-order valence-electron chi connectivity index (χ3n) is 3.56. The standard InChI is InChI=1S/C15H21N3O2/c1-2-7-16-10-12-11-19-9-8-18(12)15-17-13-5-3-4-6-14(13)20-15/h3-6,12,16H,2,7-11H2,1H3. The fraction of sp³-hybridized carbons (Fsp3) is 0.533. The van der Waals surface area contributed by atoms with Crippen LogP contribution in [-0.2, 0) is 4.74 Å². The summed E-state index contributed by atoms with van der Waals surface area (Å²) in [5.74, 6) is 0. The molecule has 0 spiro atoms. The van der Waals surface area contributed by atoms with E-state index in [1.54, 1.807) is 0 Å². The molecule has 1 aromatic carbocycles. The van der Waals surface area contributed by atoms with E-state index < -0.39 is 0 Å². The topological polar surface area (TPSA) is 50.5 Å². The summed E-state index contributed by atoms with van der Waals surface area (Å²) < 4.78 is 11.5. The van der Waals surface area contributed by atoms with Gasteiger partial charge in [-0.25, -0.2) is 0 Å². The monoisotopic (exact) mass is 275 g/mol. The largest absolute Gasteiger partial charge is 0.423 e. The molecule has 1 unspecified atom stereocenters. The minimum absolute atomic E-state index is 0.281. The summed E-state index contributed by atoms with van der Waals surface area (Å²) in [7, 11) is 0. The van der Waals surface area contributed by atoms with Gasteiger partial charge in [-0.2, -0.15) is 4.98 Å². The Morgan fingerprint density at radius 3 is 3.15 bits per heavy atom. The average molecular weight is 275 g/mol. The van der Waals surface area contributed by atoms with Crippen LogP contribution < -0.4 is 10.2 Å². The lowest BCUT2D eigenvalue weighted by Gasteiger charge is -2.34. The first-order valence-corrected chi connectivity index (χ1v) is 7.29. The maximum atomic E-state index is 5.88. The van der Waals surface area contributed by atoms with Gasteiger partial charge in [0.15, 0.2) is 5.58 Å². The number of rotatable bonds is 5. The predicted octanol–water partition coefficient (Wildman–Crippen LogP) is 2.03. The highest BCUT2D eigenvalue weighted by molar-refractivity contribution is 5.74. The summed E-state index contributed by atoms with van der Waals surface area (Å²) in [5, 5.41) is 3.45. The molecule has 2 aromatic rings. The molecule has 20 heavy (non-hydrogen) atoms. The molecule has 108 valence electrons. The molecule has 0 bridgehead atoms. The number of anilines is 1. The Hall–Kier alpha value is -1.59. The molecule has 0 saturated carbocycles. The molecule has 5 heteroatoms. The van der Waals surface area contributed by atoms with Crippen LogP contribution in [0.5, 0.6) is 0 Å². The fourth-order valence-electron chi connectivity index (χ4n) is 2.50. The zero-order valence-electron chi connectivity index (χ0n) is 11.8. The van der Waals surface area contributed by atoms with Gasteiger partial charge in [0, 0.05) is 13.1 Å². The van der Waals surface area contributed by atoms with Gasteiger partial charge in [-0.15, -0.1) is 0 Å². The number of nitrogens with zero attached hydrogens (tertiary/aromatic N) is 2. The van der Waals surface area contributed by atoms with Crippen molar-refractivity contribution in [3.8, 4) is 0 Å². The molecule has 0 amide bonds. The molecule has 1 aromatic heterocycles. The number of benzene rings is 1. The fourth-order valence-corrected chi connectivity index (χ4v) is 2.50. The number of hydrogen-bond donors (Lipinski definition) is 1. The Labute approximate surface area is 118 Å². The Morgan fingerprint density at radius 2 is 2.30 bits per heavy atom. The molecule has 1 atom stereocenters. The Kier molecular flexibility index (Phi) is 4.18. The minimum atomic E-state index is 0.281. The van der Waals surface area contributed by atoms with Crippen LogP contribution in [0.2, 0.25) is 0 Å². The Morgan fingerprint density at radius 1 is 1.40 bits per heavy atom. The second-order valence-electron chi connectivity index (χ2n) is 5.09. The molecule has 1 N–H and O–H groups in total. The second-order valence-corrected chi connectivity index (χ2v) is 5.09. The zero-order valence-corrected chi connectivity index (χ0v) is 11.8. The maximum absolute atomic E-state index is 5.88. The van der Waals surface area contributed by atoms with Crippen molar-refractivity contribution in [1.29, 1.82) is 0 Å². The van der Waals surface area contributed by atoms with Crippen molar-refractivity contribution in [2.45, 2.75) is 19.4 Å². The molecular weight excluding hydrogens is 254 g/mol. The van der Waals surface area contributed by atoms with Gasteiger partial charge in [0.1, 0.15) is 5.52 Å². The highest BCUT2D eigenvalue weighted by Crippen LogP contribution is 2.24. The van der Waals surface area contributed by atoms with Crippen LogP contribution in [0.4, 0.5) is 6.01 Å². The van der Waals surface area contributed by atoms with E-state index in [9.17, 15) is 0 Å². The first-order valence-electron chi connectivity index (χ1n) is 7.29. The molecule has 5 nitrogen and oxygen atoms in total. The number of nitrogens with one attached hydrogen (secondary N) is 1. The SMILES string of the molecule is CCCNCC1COCCN1c1nc2ccccc2o1. The quantitative estimate of drug-likeness (QED) is 0.846. The maximum Gasteiger partial charge on any atom is 0.298 e. The summed E-state index contributed by atoms with van der Waals surface area (Å²) in [6.45, 7) is 6.36. The van der Waals surface area contributed by atoms with Crippen molar-refractivity contribution in [2.24, 2.45) is 0 Å². The molecule has 1 fully saturated rings. The van der Waals surface area contributed by atoms with E-state index in [1.165, 1.54) is 0 Å². The third kappa shape index (κ3) is 2.78. The number of hydrogen-bond acceptors (Lipinski definition) is 5. The molecule has 3 rings (SSSR count).